The van der Waals surface area contributed by atoms with Crippen molar-refractivity contribution in [2.75, 3.05) is 13.4 Å². The van der Waals surface area contributed by atoms with Crippen LogP contribution < -0.4 is 0 Å². The SMILES string of the molecule is CCOCO.[MgH2]. The maximum absolute atomic E-state index is 7.84. The Morgan fingerprint density at radius 1 is 1.67 bits per heavy atom. The highest BCUT2D eigenvalue weighted by Crippen LogP contribution is 1.61. The quantitative estimate of drug-likeness (QED) is 0.360. The molecule has 1 N–H and O–H groups in total. The molecule has 0 aromatic rings. The summed E-state index contributed by atoms with van der Waals surface area (Å²) < 4.78 is 4.39. The Hall–Kier alpha value is 0.686. The number of rotatable bonds is 2. The van der Waals surface area contributed by atoms with E-state index in [-0.39, 0.29) is 29.8 Å². The molecule has 0 aromatic carbocycles. The van der Waals surface area contributed by atoms with E-state index in [0.29, 0.717) is 6.61 Å². The molecule has 36 valence electrons. The van der Waals surface area contributed by atoms with E-state index in [1.54, 1.807) is 0 Å². The van der Waals surface area contributed by atoms with Gasteiger partial charge in [0.1, 0.15) is 6.79 Å². The second kappa shape index (κ2) is 9.19. The van der Waals surface area contributed by atoms with Crippen molar-refractivity contribution in [1.82, 2.24) is 0 Å². The van der Waals surface area contributed by atoms with Gasteiger partial charge in [-0.1, -0.05) is 0 Å². The van der Waals surface area contributed by atoms with Gasteiger partial charge in [0.05, 0.1) is 0 Å². The number of hydrogen-bond donors (Lipinski definition) is 1. The van der Waals surface area contributed by atoms with E-state index in [0.717, 1.165) is 0 Å². The highest BCUT2D eigenvalue weighted by molar-refractivity contribution is 5.75. The zero-order valence-electron chi connectivity index (χ0n) is 3.27. The van der Waals surface area contributed by atoms with E-state index in [1.165, 1.54) is 0 Å². The van der Waals surface area contributed by atoms with Gasteiger partial charge in [0.2, 0.25) is 0 Å². The third-order valence-corrected chi connectivity index (χ3v) is 0.295. The van der Waals surface area contributed by atoms with Crippen molar-refractivity contribution in [2.24, 2.45) is 0 Å². The Bertz CT molecular complexity index is 16.3. The molecule has 0 amide bonds. The Balaban J connectivity index is 0. The lowest BCUT2D eigenvalue weighted by atomic mass is 10.9. The topological polar surface area (TPSA) is 29.5 Å². The van der Waals surface area contributed by atoms with Crippen LogP contribution in [0.3, 0.4) is 0 Å². The Labute approximate surface area is 53.6 Å². The van der Waals surface area contributed by atoms with E-state index < -0.39 is 0 Å². The predicted octanol–water partition coefficient (Wildman–Crippen LogP) is -0.943. The summed E-state index contributed by atoms with van der Waals surface area (Å²) in [5.74, 6) is 0. The summed E-state index contributed by atoms with van der Waals surface area (Å²) in [6.45, 7) is 2.27. The molecule has 0 spiro atoms. The normalized spacial score (nSPS) is 7.00. The molecule has 0 saturated carbocycles. The minimum Gasteiger partial charge on any atom is -0.371 e. The first-order chi connectivity index (χ1) is 2.41. The number of ether oxygens (including phenoxy) is 1. The highest BCUT2D eigenvalue weighted by Gasteiger charge is 1.64. The van der Waals surface area contributed by atoms with E-state index >= 15 is 0 Å². The van der Waals surface area contributed by atoms with Crippen molar-refractivity contribution in [2.45, 2.75) is 6.92 Å². The van der Waals surface area contributed by atoms with Crippen molar-refractivity contribution in [1.29, 1.82) is 0 Å². The molecule has 0 rings (SSSR count). The first-order valence-corrected chi connectivity index (χ1v) is 1.60. The molecule has 3 heteroatoms. The Morgan fingerprint density at radius 3 is 2.17 bits per heavy atom. The molecule has 0 bridgehead atoms. The van der Waals surface area contributed by atoms with Gasteiger partial charge < -0.3 is 9.84 Å². The van der Waals surface area contributed by atoms with Gasteiger partial charge in [-0.3, -0.25) is 0 Å². The lowest BCUT2D eigenvalue weighted by Gasteiger charge is -1.85. The average Bonchev–Trinajstić information content (AvgIpc) is 1.41. The van der Waals surface area contributed by atoms with Gasteiger partial charge >= 0.3 is 23.1 Å². The minimum absolute atomic E-state index is 0. The summed E-state index contributed by atoms with van der Waals surface area (Å²) in [7, 11) is 0. The molecule has 0 heterocycles. The van der Waals surface area contributed by atoms with Crippen molar-refractivity contribution in [3.63, 3.8) is 0 Å². The molecule has 0 radical (unpaired) electrons. The van der Waals surface area contributed by atoms with Gasteiger partial charge in [-0.2, -0.15) is 0 Å². The molecule has 0 saturated heterocycles. The number of aliphatic hydroxyl groups is 1. The summed E-state index contributed by atoms with van der Waals surface area (Å²) >= 11 is 0. The second-order valence-electron chi connectivity index (χ2n) is 0.622. The summed E-state index contributed by atoms with van der Waals surface area (Å²) in [6, 6.07) is 0. The standard InChI is InChI=1S/C3H8O2.Mg.2H/c1-2-5-3-4;;;/h4H,2-3H2,1H3;;;. The fraction of sp³-hybridized carbons (Fsp3) is 1.00. The highest BCUT2D eigenvalue weighted by atomic mass is 24.3. The smallest absolute Gasteiger partial charge is 0.316 e. The lowest BCUT2D eigenvalue weighted by Crippen LogP contribution is -1.88. The van der Waals surface area contributed by atoms with Gasteiger partial charge in [-0.15, -0.1) is 0 Å². The minimum atomic E-state index is -0.156. The van der Waals surface area contributed by atoms with Gasteiger partial charge in [0, 0.05) is 6.61 Å². The van der Waals surface area contributed by atoms with Crippen LogP contribution in [0.4, 0.5) is 0 Å². The van der Waals surface area contributed by atoms with E-state index in [9.17, 15) is 0 Å². The van der Waals surface area contributed by atoms with Crippen LogP contribution in [0.15, 0.2) is 0 Å². The lowest BCUT2D eigenvalue weighted by molar-refractivity contribution is 0.00540. The second-order valence-corrected chi connectivity index (χ2v) is 0.622. The Kier molecular flexibility index (Phi) is 15.1. The zero-order chi connectivity index (χ0) is 4.12. The fourth-order valence-corrected chi connectivity index (χ4v) is 0.0913. The largest absolute Gasteiger partial charge is 0.371 e. The first-order valence-electron chi connectivity index (χ1n) is 1.60. The maximum atomic E-state index is 7.84. The van der Waals surface area contributed by atoms with Crippen LogP contribution in [0, 0.1) is 0 Å². The van der Waals surface area contributed by atoms with Crippen LogP contribution in [-0.4, -0.2) is 41.6 Å². The fourth-order valence-electron chi connectivity index (χ4n) is 0.0913. The molecular weight excluding hydrogens is 92.3 g/mol. The molecule has 2 nitrogen and oxygen atoms in total. The summed E-state index contributed by atoms with van der Waals surface area (Å²) in [6.07, 6.45) is 0. The van der Waals surface area contributed by atoms with Gasteiger partial charge in [-0.25, -0.2) is 0 Å². The van der Waals surface area contributed by atoms with Crippen LogP contribution in [0.1, 0.15) is 6.92 Å². The van der Waals surface area contributed by atoms with Gasteiger partial charge in [0.25, 0.3) is 0 Å². The van der Waals surface area contributed by atoms with E-state index in [1.807, 2.05) is 6.92 Å². The maximum Gasteiger partial charge on any atom is 0.316 e. The van der Waals surface area contributed by atoms with Gasteiger partial charge in [-0.05, 0) is 6.92 Å². The third kappa shape index (κ3) is 8.82. The molecular formula is C3H10MgO2. The molecule has 0 aliphatic heterocycles. The van der Waals surface area contributed by atoms with E-state index in [4.69, 9.17) is 5.11 Å². The molecule has 0 aliphatic carbocycles. The molecule has 6 heavy (non-hydrogen) atoms. The summed E-state index contributed by atoms with van der Waals surface area (Å²) in [5.41, 5.74) is 0. The van der Waals surface area contributed by atoms with Crippen LogP contribution in [0.5, 0.6) is 0 Å². The van der Waals surface area contributed by atoms with Crippen LogP contribution in [-0.2, 0) is 4.74 Å². The first kappa shape index (κ1) is 9.84. The average molecular weight is 102 g/mol. The van der Waals surface area contributed by atoms with Crippen LogP contribution >= 0.6 is 0 Å². The van der Waals surface area contributed by atoms with Crippen molar-refractivity contribution >= 4 is 23.1 Å². The summed E-state index contributed by atoms with van der Waals surface area (Å²) in [4.78, 5) is 0. The number of hydrogen-bond acceptors (Lipinski definition) is 2. The third-order valence-electron chi connectivity index (χ3n) is 0.295. The zero-order valence-corrected chi connectivity index (χ0v) is 3.27. The molecule has 0 aromatic heterocycles. The van der Waals surface area contributed by atoms with Gasteiger partial charge in [0.15, 0.2) is 0 Å². The van der Waals surface area contributed by atoms with Crippen molar-refractivity contribution in [3.8, 4) is 0 Å². The molecule has 0 fully saturated rings. The van der Waals surface area contributed by atoms with Crippen LogP contribution in [0.25, 0.3) is 0 Å². The van der Waals surface area contributed by atoms with E-state index in [2.05, 4.69) is 4.74 Å². The monoisotopic (exact) mass is 102 g/mol. The van der Waals surface area contributed by atoms with Crippen molar-refractivity contribution < 1.29 is 9.84 Å². The molecule has 0 aliphatic rings. The molecule has 0 unspecified atom stereocenters. The Morgan fingerprint density at radius 2 is 2.17 bits per heavy atom. The van der Waals surface area contributed by atoms with Crippen molar-refractivity contribution in [3.05, 3.63) is 0 Å². The number of aliphatic hydroxyl groups excluding tert-OH is 1. The summed E-state index contributed by atoms with van der Waals surface area (Å²) in [5, 5.41) is 7.84. The van der Waals surface area contributed by atoms with Crippen LogP contribution in [0.2, 0.25) is 0 Å². The predicted molar refractivity (Wildman–Crippen MR) is 27.3 cm³/mol. The molecule has 0 atom stereocenters.